The van der Waals surface area contributed by atoms with Gasteiger partial charge in [0.05, 0.1) is 6.61 Å². The minimum absolute atomic E-state index is 0.361. The smallest absolute Gasteiger partial charge is 0.163 e. The van der Waals surface area contributed by atoms with Crippen molar-refractivity contribution in [1.29, 1.82) is 0 Å². The lowest BCUT2D eigenvalue weighted by molar-refractivity contribution is -0.145. The molecule has 3 heteroatoms. The minimum Gasteiger partial charge on any atom is -0.347 e. The highest BCUT2D eigenvalue weighted by molar-refractivity contribution is 5.56. The molecule has 1 aliphatic heterocycles. The summed E-state index contributed by atoms with van der Waals surface area (Å²) in [5, 5.41) is 0. The number of carbonyl (C=O) groups excluding carboxylic acids is 1. The molecule has 11 heavy (non-hydrogen) atoms. The fourth-order valence-corrected chi connectivity index (χ4v) is 0.782. The highest BCUT2D eigenvalue weighted by Gasteiger charge is 2.31. The molecule has 0 amide bonds. The SMILES string of the molecule is CC.CC1(C)OC[C@@H](C=O)O1. The standard InChI is InChI=1S/C6H10O3.C2H6/c1-6(2)8-4-5(3-7)9-6;1-2/h3,5H,4H2,1-2H3;1-2H3/t5-;/m1./s1. The fourth-order valence-electron chi connectivity index (χ4n) is 0.782. The van der Waals surface area contributed by atoms with Gasteiger partial charge in [-0.05, 0) is 13.8 Å². The molecular weight excluding hydrogens is 144 g/mol. The van der Waals surface area contributed by atoms with Crippen molar-refractivity contribution in [3.8, 4) is 0 Å². The third kappa shape index (κ3) is 3.49. The summed E-state index contributed by atoms with van der Waals surface area (Å²) < 4.78 is 10.2. The van der Waals surface area contributed by atoms with Crippen molar-refractivity contribution in [3.63, 3.8) is 0 Å². The molecule has 0 radical (unpaired) electrons. The zero-order valence-electron chi connectivity index (χ0n) is 7.59. The Morgan fingerprint density at radius 2 is 2.00 bits per heavy atom. The first-order chi connectivity index (χ1) is 5.14. The summed E-state index contributed by atoms with van der Waals surface area (Å²) in [6, 6.07) is 0. The quantitative estimate of drug-likeness (QED) is 0.543. The third-order valence-electron chi connectivity index (χ3n) is 1.18. The van der Waals surface area contributed by atoms with E-state index in [0.29, 0.717) is 6.61 Å². The molecule has 1 atom stereocenters. The second kappa shape index (κ2) is 4.46. The first-order valence-corrected chi connectivity index (χ1v) is 3.91. The molecular formula is C8H16O3. The summed E-state index contributed by atoms with van der Waals surface area (Å²) in [7, 11) is 0. The van der Waals surface area contributed by atoms with E-state index in [2.05, 4.69) is 0 Å². The van der Waals surface area contributed by atoms with Gasteiger partial charge in [-0.1, -0.05) is 13.8 Å². The molecule has 0 aliphatic carbocycles. The second-order valence-corrected chi connectivity index (χ2v) is 2.50. The number of carbonyl (C=O) groups is 1. The van der Waals surface area contributed by atoms with Gasteiger partial charge in [-0.15, -0.1) is 0 Å². The van der Waals surface area contributed by atoms with Gasteiger partial charge in [0.2, 0.25) is 0 Å². The first kappa shape index (κ1) is 10.6. The van der Waals surface area contributed by atoms with E-state index in [0.717, 1.165) is 6.29 Å². The average molecular weight is 160 g/mol. The Kier molecular flexibility index (Phi) is 4.30. The molecule has 0 spiro atoms. The van der Waals surface area contributed by atoms with Crippen LogP contribution in [-0.4, -0.2) is 24.8 Å². The molecule has 1 fully saturated rings. The Bertz CT molecular complexity index is 121. The fraction of sp³-hybridized carbons (Fsp3) is 0.875. The lowest BCUT2D eigenvalue weighted by Gasteiger charge is -2.14. The Morgan fingerprint density at radius 3 is 2.18 bits per heavy atom. The summed E-state index contributed by atoms with van der Waals surface area (Å²) >= 11 is 0. The van der Waals surface area contributed by atoms with Crippen LogP contribution in [-0.2, 0) is 14.3 Å². The van der Waals surface area contributed by atoms with E-state index in [4.69, 9.17) is 9.47 Å². The molecule has 0 bridgehead atoms. The molecule has 0 N–H and O–H groups in total. The van der Waals surface area contributed by atoms with Crippen molar-refractivity contribution in [2.24, 2.45) is 0 Å². The van der Waals surface area contributed by atoms with E-state index in [-0.39, 0.29) is 6.10 Å². The molecule has 0 aromatic carbocycles. The Hall–Kier alpha value is -0.410. The maximum atomic E-state index is 10.1. The van der Waals surface area contributed by atoms with Gasteiger partial charge in [0.1, 0.15) is 6.10 Å². The molecule has 1 saturated heterocycles. The van der Waals surface area contributed by atoms with Crippen LogP contribution in [0.3, 0.4) is 0 Å². The monoisotopic (exact) mass is 160 g/mol. The Morgan fingerprint density at radius 1 is 1.45 bits per heavy atom. The molecule has 0 unspecified atom stereocenters. The number of hydrogen-bond donors (Lipinski definition) is 0. The maximum absolute atomic E-state index is 10.1. The number of hydrogen-bond acceptors (Lipinski definition) is 3. The van der Waals surface area contributed by atoms with Crippen molar-refractivity contribution < 1.29 is 14.3 Å². The van der Waals surface area contributed by atoms with Crippen LogP contribution in [0, 0.1) is 0 Å². The van der Waals surface area contributed by atoms with Gasteiger partial charge in [-0.2, -0.15) is 0 Å². The predicted molar refractivity (Wildman–Crippen MR) is 42.3 cm³/mol. The van der Waals surface area contributed by atoms with E-state index in [1.54, 1.807) is 13.8 Å². The molecule has 66 valence electrons. The van der Waals surface area contributed by atoms with E-state index in [1.807, 2.05) is 13.8 Å². The van der Waals surface area contributed by atoms with E-state index < -0.39 is 5.79 Å². The summed E-state index contributed by atoms with van der Waals surface area (Å²) in [6.07, 6.45) is 0.398. The zero-order chi connectivity index (χ0) is 8.91. The van der Waals surface area contributed by atoms with Gasteiger partial charge < -0.3 is 14.3 Å². The van der Waals surface area contributed by atoms with Crippen molar-refractivity contribution in [1.82, 2.24) is 0 Å². The Labute approximate surface area is 67.7 Å². The minimum atomic E-state index is -0.564. The van der Waals surface area contributed by atoms with Crippen molar-refractivity contribution in [2.75, 3.05) is 6.61 Å². The normalized spacial score (nSPS) is 27.1. The van der Waals surface area contributed by atoms with Gasteiger partial charge in [0.15, 0.2) is 12.1 Å². The molecule has 0 aromatic rings. The molecule has 0 aromatic heterocycles. The van der Waals surface area contributed by atoms with E-state index >= 15 is 0 Å². The zero-order valence-corrected chi connectivity index (χ0v) is 7.59. The van der Waals surface area contributed by atoms with Crippen LogP contribution in [0.4, 0.5) is 0 Å². The van der Waals surface area contributed by atoms with E-state index in [1.165, 1.54) is 0 Å². The van der Waals surface area contributed by atoms with Crippen LogP contribution in [0.2, 0.25) is 0 Å². The van der Waals surface area contributed by atoms with Gasteiger partial charge in [-0.25, -0.2) is 0 Å². The average Bonchev–Trinajstić information content (AvgIpc) is 2.34. The summed E-state index contributed by atoms with van der Waals surface area (Å²) in [6.45, 7) is 7.96. The van der Waals surface area contributed by atoms with Gasteiger partial charge in [0, 0.05) is 0 Å². The lowest BCUT2D eigenvalue weighted by Crippen LogP contribution is -2.21. The number of aldehydes is 1. The largest absolute Gasteiger partial charge is 0.347 e. The highest BCUT2D eigenvalue weighted by Crippen LogP contribution is 2.20. The summed E-state index contributed by atoms with van der Waals surface area (Å²) in [5.41, 5.74) is 0. The van der Waals surface area contributed by atoms with E-state index in [9.17, 15) is 4.79 Å². The van der Waals surface area contributed by atoms with Crippen LogP contribution >= 0.6 is 0 Å². The van der Waals surface area contributed by atoms with Gasteiger partial charge in [-0.3, -0.25) is 0 Å². The molecule has 1 aliphatic rings. The predicted octanol–water partition coefficient (Wildman–Crippen LogP) is 1.36. The maximum Gasteiger partial charge on any atom is 0.163 e. The van der Waals surface area contributed by atoms with Crippen LogP contribution in [0.25, 0.3) is 0 Å². The second-order valence-electron chi connectivity index (χ2n) is 2.50. The Balaban J connectivity index is 0.000000461. The highest BCUT2D eigenvalue weighted by atomic mass is 16.7. The topological polar surface area (TPSA) is 35.5 Å². The summed E-state index contributed by atoms with van der Waals surface area (Å²) in [4.78, 5) is 10.1. The third-order valence-corrected chi connectivity index (χ3v) is 1.18. The lowest BCUT2D eigenvalue weighted by atomic mass is 10.4. The van der Waals surface area contributed by atoms with Gasteiger partial charge >= 0.3 is 0 Å². The molecule has 1 heterocycles. The molecule has 0 saturated carbocycles. The molecule has 3 nitrogen and oxygen atoms in total. The van der Waals surface area contributed by atoms with Crippen LogP contribution < -0.4 is 0 Å². The number of ether oxygens (including phenoxy) is 2. The van der Waals surface area contributed by atoms with Crippen molar-refractivity contribution in [2.45, 2.75) is 39.6 Å². The van der Waals surface area contributed by atoms with Crippen LogP contribution in [0.1, 0.15) is 27.7 Å². The van der Waals surface area contributed by atoms with Crippen LogP contribution in [0.15, 0.2) is 0 Å². The first-order valence-electron chi connectivity index (χ1n) is 3.91. The molecule has 1 rings (SSSR count). The van der Waals surface area contributed by atoms with Crippen molar-refractivity contribution >= 4 is 6.29 Å². The van der Waals surface area contributed by atoms with Crippen molar-refractivity contribution in [3.05, 3.63) is 0 Å². The number of rotatable bonds is 1. The van der Waals surface area contributed by atoms with Crippen LogP contribution in [0.5, 0.6) is 0 Å². The summed E-state index contributed by atoms with van der Waals surface area (Å²) in [5.74, 6) is -0.564. The van der Waals surface area contributed by atoms with Gasteiger partial charge in [0.25, 0.3) is 0 Å².